The van der Waals surface area contributed by atoms with Crippen molar-refractivity contribution in [2.75, 3.05) is 13.6 Å². The molecule has 0 radical (unpaired) electrons. The van der Waals surface area contributed by atoms with Crippen molar-refractivity contribution in [3.8, 4) is 6.07 Å². The highest BCUT2D eigenvalue weighted by molar-refractivity contribution is 5.67. The molecule has 1 aromatic carbocycles. The first-order valence-corrected chi connectivity index (χ1v) is 5.85. The van der Waals surface area contributed by atoms with E-state index in [0.29, 0.717) is 13.0 Å². The minimum Gasteiger partial charge on any atom is -0.445 e. The SMILES string of the molecule is Cc1ccc(C)c(COC(=O)N(C)CCC#N)c1. The Kier molecular flexibility index (Phi) is 5.19. The third-order valence-electron chi connectivity index (χ3n) is 2.73. The van der Waals surface area contributed by atoms with Crippen LogP contribution in [0.3, 0.4) is 0 Å². The maximum Gasteiger partial charge on any atom is 0.409 e. The molecule has 0 atom stereocenters. The molecule has 0 bridgehead atoms. The lowest BCUT2D eigenvalue weighted by Crippen LogP contribution is -2.28. The lowest BCUT2D eigenvalue weighted by atomic mass is 10.1. The summed E-state index contributed by atoms with van der Waals surface area (Å²) in [6.07, 6.45) is -0.0825. The highest BCUT2D eigenvalue weighted by Gasteiger charge is 2.10. The van der Waals surface area contributed by atoms with Crippen LogP contribution in [-0.4, -0.2) is 24.6 Å². The van der Waals surface area contributed by atoms with E-state index < -0.39 is 6.09 Å². The first-order chi connectivity index (χ1) is 8.54. The second-order valence-corrected chi connectivity index (χ2v) is 4.31. The number of hydrogen-bond donors (Lipinski definition) is 0. The number of rotatable bonds is 4. The van der Waals surface area contributed by atoms with Crippen molar-refractivity contribution in [1.82, 2.24) is 4.90 Å². The zero-order valence-corrected chi connectivity index (χ0v) is 11.1. The van der Waals surface area contributed by atoms with Gasteiger partial charge in [0.15, 0.2) is 0 Å². The van der Waals surface area contributed by atoms with Crippen molar-refractivity contribution in [1.29, 1.82) is 5.26 Å². The smallest absolute Gasteiger partial charge is 0.409 e. The summed E-state index contributed by atoms with van der Waals surface area (Å²) < 4.78 is 5.20. The zero-order chi connectivity index (χ0) is 13.5. The molecule has 96 valence electrons. The maximum absolute atomic E-state index is 11.6. The van der Waals surface area contributed by atoms with Crippen LogP contribution in [0.4, 0.5) is 4.79 Å². The van der Waals surface area contributed by atoms with E-state index in [9.17, 15) is 4.79 Å². The Morgan fingerprint density at radius 3 is 2.83 bits per heavy atom. The molecule has 0 saturated carbocycles. The number of carbonyl (C=O) groups excluding carboxylic acids is 1. The molecule has 4 heteroatoms. The number of nitrogens with zero attached hydrogens (tertiary/aromatic N) is 2. The van der Waals surface area contributed by atoms with Gasteiger partial charge in [0.05, 0.1) is 12.5 Å². The van der Waals surface area contributed by atoms with Crippen LogP contribution in [0.5, 0.6) is 0 Å². The summed E-state index contributed by atoms with van der Waals surface area (Å²) in [5.41, 5.74) is 3.26. The van der Waals surface area contributed by atoms with Gasteiger partial charge >= 0.3 is 6.09 Å². The monoisotopic (exact) mass is 246 g/mol. The summed E-state index contributed by atoms with van der Waals surface area (Å²) in [5.74, 6) is 0. The Bertz CT molecular complexity index is 463. The average molecular weight is 246 g/mol. The Morgan fingerprint density at radius 1 is 1.44 bits per heavy atom. The maximum atomic E-state index is 11.6. The van der Waals surface area contributed by atoms with Gasteiger partial charge in [-0.1, -0.05) is 23.8 Å². The first-order valence-electron chi connectivity index (χ1n) is 5.85. The summed E-state index contributed by atoms with van der Waals surface area (Å²) in [6, 6.07) is 8.05. The molecular weight excluding hydrogens is 228 g/mol. The van der Waals surface area contributed by atoms with Gasteiger partial charge in [-0.05, 0) is 25.0 Å². The quantitative estimate of drug-likeness (QED) is 0.820. The zero-order valence-electron chi connectivity index (χ0n) is 11.1. The lowest BCUT2D eigenvalue weighted by Gasteiger charge is -2.16. The van der Waals surface area contributed by atoms with Gasteiger partial charge in [-0.3, -0.25) is 0 Å². The Morgan fingerprint density at radius 2 is 2.17 bits per heavy atom. The molecule has 0 N–H and O–H groups in total. The van der Waals surface area contributed by atoms with Crippen LogP contribution in [0.2, 0.25) is 0 Å². The summed E-state index contributed by atoms with van der Waals surface area (Å²) in [7, 11) is 1.63. The van der Waals surface area contributed by atoms with Crippen LogP contribution in [-0.2, 0) is 11.3 Å². The number of benzene rings is 1. The molecule has 1 rings (SSSR count). The molecule has 0 fully saturated rings. The third-order valence-corrected chi connectivity index (χ3v) is 2.73. The van der Waals surface area contributed by atoms with Gasteiger partial charge in [0.2, 0.25) is 0 Å². The molecule has 18 heavy (non-hydrogen) atoms. The number of amides is 1. The largest absolute Gasteiger partial charge is 0.445 e. The minimum atomic E-state index is -0.397. The van der Waals surface area contributed by atoms with Crippen LogP contribution in [0.15, 0.2) is 18.2 Å². The molecule has 0 aromatic heterocycles. The van der Waals surface area contributed by atoms with Crippen molar-refractivity contribution in [3.63, 3.8) is 0 Å². The van der Waals surface area contributed by atoms with Crippen molar-refractivity contribution in [2.45, 2.75) is 26.9 Å². The summed E-state index contributed by atoms with van der Waals surface area (Å²) >= 11 is 0. The van der Waals surface area contributed by atoms with Gasteiger partial charge in [-0.15, -0.1) is 0 Å². The van der Waals surface area contributed by atoms with Crippen LogP contribution >= 0.6 is 0 Å². The van der Waals surface area contributed by atoms with Gasteiger partial charge in [0, 0.05) is 13.6 Å². The number of carbonyl (C=O) groups is 1. The number of ether oxygens (including phenoxy) is 1. The topological polar surface area (TPSA) is 53.3 Å². The number of aryl methyl sites for hydroxylation is 2. The number of nitriles is 1. The standard InChI is InChI=1S/C14H18N2O2/c1-11-5-6-12(2)13(9-11)10-18-14(17)16(3)8-4-7-15/h5-6,9H,4,8,10H2,1-3H3. The van der Waals surface area contributed by atoms with Crippen LogP contribution in [0.1, 0.15) is 23.1 Å². The van der Waals surface area contributed by atoms with E-state index in [1.165, 1.54) is 4.90 Å². The van der Waals surface area contributed by atoms with E-state index in [4.69, 9.17) is 10.00 Å². The summed E-state index contributed by atoms with van der Waals surface area (Å²) in [4.78, 5) is 13.0. The fourth-order valence-corrected chi connectivity index (χ4v) is 1.51. The first kappa shape index (κ1) is 14.0. The van der Waals surface area contributed by atoms with E-state index in [1.54, 1.807) is 7.05 Å². The van der Waals surface area contributed by atoms with E-state index in [0.717, 1.165) is 16.7 Å². The van der Waals surface area contributed by atoms with Crippen molar-refractivity contribution < 1.29 is 9.53 Å². The van der Waals surface area contributed by atoms with Crippen molar-refractivity contribution >= 4 is 6.09 Å². The Labute approximate surface area is 108 Å². The summed E-state index contributed by atoms with van der Waals surface area (Å²) in [5, 5.41) is 8.44. The van der Waals surface area contributed by atoms with Crippen LogP contribution in [0, 0.1) is 25.2 Å². The second kappa shape index (κ2) is 6.65. The molecule has 0 spiro atoms. The highest BCUT2D eigenvalue weighted by atomic mass is 16.6. The molecule has 4 nitrogen and oxygen atoms in total. The fourth-order valence-electron chi connectivity index (χ4n) is 1.51. The highest BCUT2D eigenvalue weighted by Crippen LogP contribution is 2.12. The second-order valence-electron chi connectivity index (χ2n) is 4.31. The Hall–Kier alpha value is -2.02. The third kappa shape index (κ3) is 4.10. The normalized spacial score (nSPS) is 9.67. The molecule has 1 aromatic rings. The molecule has 0 aliphatic heterocycles. The van der Waals surface area contributed by atoms with E-state index in [2.05, 4.69) is 0 Å². The molecule has 0 aliphatic carbocycles. The van der Waals surface area contributed by atoms with E-state index in [1.807, 2.05) is 38.1 Å². The fraction of sp³-hybridized carbons (Fsp3) is 0.429. The van der Waals surface area contributed by atoms with Gasteiger partial charge in [0.25, 0.3) is 0 Å². The minimum absolute atomic E-state index is 0.267. The molecule has 0 heterocycles. The predicted octanol–water partition coefficient (Wildman–Crippen LogP) is 2.79. The molecule has 0 aliphatic rings. The summed E-state index contributed by atoms with van der Waals surface area (Å²) in [6.45, 7) is 4.65. The number of hydrogen-bond acceptors (Lipinski definition) is 3. The van der Waals surface area contributed by atoms with Gasteiger partial charge in [-0.25, -0.2) is 4.79 Å². The molecule has 0 saturated heterocycles. The van der Waals surface area contributed by atoms with Gasteiger partial charge in [0.1, 0.15) is 6.61 Å². The van der Waals surface area contributed by atoms with Crippen LogP contribution in [0.25, 0.3) is 0 Å². The average Bonchev–Trinajstić information content (AvgIpc) is 2.36. The van der Waals surface area contributed by atoms with Gasteiger partial charge < -0.3 is 9.64 Å². The van der Waals surface area contributed by atoms with Gasteiger partial charge in [-0.2, -0.15) is 5.26 Å². The van der Waals surface area contributed by atoms with Crippen molar-refractivity contribution in [3.05, 3.63) is 34.9 Å². The molecular formula is C14H18N2O2. The van der Waals surface area contributed by atoms with E-state index >= 15 is 0 Å². The predicted molar refractivity (Wildman–Crippen MR) is 69.0 cm³/mol. The van der Waals surface area contributed by atoms with Crippen molar-refractivity contribution in [2.24, 2.45) is 0 Å². The van der Waals surface area contributed by atoms with Crippen LogP contribution < -0.4 is 0 Å². The van der Waals surface area contributed by atoms with E-state index in [-0.39, 0.29) is 6.61 Å². The Balaban J connectivity index is 2.52. The molecule has 0 unspecified atom stereocenters. The lowest BCUT2D eigenvalue weighted by molar-refractivity contribution is 0.105. The molecule has 1 amide bonds.